The Labute approximate surface area is 324 Å². The van der Waals surface area contributed by atoms with Crippen LogP contribution in [0.15, 0.2) is 150 Å². The van der Waals surface area contributed by atoms with Gasteiger partial charge in [-0.25, -0.2) is 9.97 Å². The lowest BCUT2D eigenvalue weighted by molar-refractivity contribution is 0.670. The first-order valence-electron chi connectivity index (χ1n) is 17.9. The van der Waals surface area contributed by atoms with Crippen LogP contribution >= 0.6 is 0 Å². The normalized spacial score (nSPS) is 11.6. The maximum atomic E-state index is 6.74. The van der Waals surface area contributed by atoms with Gasteiger partial charge in [0.05, 0.1) is 22.4 Å². The molecule has 0 bridgehead atoms. The summed E-state index contributed by atoms with van der Waals surface area (Å²) in [6, 6.07) is 49.6. The molecule has 0 aliphatic rings. The molecule has 3 aromatic heterocycles. The van der Waals surface area contributed by atoms with Crippen LogP contribution in [-0.2, 0) is 0 Å². The zero-order chi connectivity index (χ0) is 37.4. The highest BCUT2D eigenvalue weighted by Crippen LogP contribution is 2.40. The van der Waals surface area contributed by atoms with E-state index in [0.29, 0.717) is 28.4 Å². The lowest BCUT2D eigenvalue weighted by Gasteiger charge is -2.21. The van der Waals surface area contributed by atoms with Crippen LogP contribution in [0.4, 0.5) is 0 Å². The number of hydrogen-bond acceptors (Lipinski definition) is 3. The first-order chi connectivity index (χ1) is 26.9. The number of rotatable bonds is 5. The molecule has 10 radical (unpaired) electrons. The molecule has 3 heterocycles. The highest BCUT2D eigenvalue weighted by Gasteiger charge is 2.20. The SMILES string of the molecule is [B]c1c([B])c([B])c(-c2cc(-c3ccccc3)nc(-c3ccc4c(c3)oc3c(-c5ccc6c(c5)c5ccccc5n6-c5ccccc5)cccc34)n2)c([B])c1[B]. The van der Waals surface area contributed by atoms with Crippen LogP contribution < -0.4 is 27.3 Å². The third-order valence-corrected chi connectivity index (χ3v) is 10.5. The number of aromatic nitrogens is 3. The molecule has 244 valence electrons. The number of furan rings is 1. The summed E-state index contributed by atoms with van der Waals surface area (Å²) in [6.07, 6.45) is 0. The monoisotopic (exact) mass is 689 g/mol. The second-order valence-corrected chi connectivity index (χ2v) is 13.7. The van der Waals surface area contributed by atoms with Gasteiger partial charge in [0.15, 0.2) is 5.82 Å². The van der Waals surface area contributed by atoms with Gasteiger partial charge in [0.1, 0.15) is 50.4 Å². The van der Waals surface area contributed by atoms with E-state index in [4.69, 9.17) is 53.6 Å². The van der Waals surface area contributed by atoms with Gasteiger partial charge in [0, 0.05) is 43.9 Å². The minimum absolute atomic E-state index is 0.143. The van der Waals surface area contributed by atoms with E-state index in [9.17, 15) is 0 Å². The van der Waals surface area contributed by atoms with Crippen molar-refractivity contribution in [2.75, 3.05) is 0 Å². The predicted molar refractivity (Wildman–Crippen MR) is 232 cm³/mol. The Balaban J connectivity index is 1.13. The van der Waals surface area contributed by atoms with Crippen molar-refractivity contribution in [3.63, 3.8) is 0 Å². The van der Waals surface area contributed by atoms with Crippen molar-refractivity contribution in [2.24, 2.45) is 0 Å². The van der Waals surface area contributed by atoms with Crippen LogP contribution in [0.1, 0.15) is 0 Å². The molecule has 0 saturated carbocycles. The molecule has 0 aliphatic heterocycles. The number of benzene rings is 7. The van der Waals surface area contributed by atoms with Gasteiger partial charge in [-0.2, -0.15) is 0 Å². The zero-order valence-electron chi connectivity index (χ0n) is 29.5. The van der Waals surface area contributed by atoms with Gasteiger partial charge in [-0.1, -0.05) is 108 Å². The number of nitrogens with zero attached hydrogens (tertiary/aromatic N) is 3. The Kier molecular flexibility index (Phi) is 7.74. The molecule has 7 aromatic carbocycles. The number of para-hydroxylation sites is 3. The Morgan fingerprint density at radius 1 is 0.436 bits per heavy atom. The molecular weight excluding hydrogens is 665 g/mol. The summed E-state index contributed by atoms with van der Waals surface area (Å²) in [7, 11) is 31.7. The summed E-state index contributed by atoms with van der Waals surface area (Å²) in [5, 5.41) is 4.35. The van der Waals surface area contributed by atoms with Crippen LogP contribution in [0.25, 0.3) is 94.5 Å². The van der Waals surface area contributed by atoms with E-state index in [0.717, 1.165) is 55.3 Å². The van der Waals surface area contributed by atoms with Gasteiger partial charge < -0.3 is 8.98 Å². The first-order valence-corrected chi connectivity index (χ1v) is 17.9. The highest BCUT2D eigenvalue weighted by atomic mass is 16.3. The topological polar surface area (TPSA) is 43.9 Å². The Morgan fingerprint density at radius 2 is 1.07 bits per heavy atom. The van der Waals surface area contributed by atoms with E-state index in [-0.39, 0.29) is 27.3 Å². The standard InChI is InChI=1S/C46H24B5N3O/c47-40-39(41(48)43(50)44(51)42(40)49)35-24-34(25-10-3-1-4-11-25)52-46(53-35)27-18-20-31-32-16-9-15-29(45(32)55-38(31)23-27)26-19-21-37-33(22-26)30-14-7-8-17-36(30)54(37)28-12-5-2-6-13-28/h1-24H. The fourth-order valence-electron chi connectivity index (χ4n) is 7.75. The average Bonchev–Trinajstić information content (AvgIpc) is 3.78. The number of fused-ring (bicyclic) bond motifs is 6. The van der Waals surface area contributed by atoms with E-state index in [1.165, 1.54) is 10.8 Å². The van der Waals surface area contributed by atoms with Crippen molar-refractivity contribution >= 4 is 110 Å². The molecule has 0 aliphatic carbocycles. The van der Waals surface area contributed by atoms with Gasteiger partial charge in [-0.15, -0.1) is 16.4 Å². The molecule has 10 aromatic rings. The van der Waals surface area contributed by atoms with Crippen LogP contribution in [0.3, 0.4) is 0 Å². The molecule has 0 spiro atoms. The lowest BCUT2D eigenvalue weighted by atomic mass is 9.60. The fourth-order valence-corrected chi connectivity index (χ4v) is 7.75. The quantitative estimate of drug-likeness (QED) is 0.205. The Bertz CT molecular complexity index is 3130. The summed E-state index contributed by atoms with van der Waals surface area (Å²) in [5.74, 6) is 0.451. The largest absolute Gasteiger partial charge is 0.455 e. The molecule has 0 atom stereocenters. The smallest absolute Gasteiger partial charge is 0.160 e. The Morgan fingerprint density at radius 3 is 1.85 bits per heavy atom. The maximum absolute atomic E-state index is 6.74. The second-order valence-electron chi connectivity index (χ2n) is 13.7. The zero-order valence-corrected chi connectivity index (χ0v) is 29.5. The summed E-state index contributed by atoms with van der Waals surface area (Å²) >= 11 is 0. The number of hydrogen-bond donors (Lipinski definition) is 0. The molecule has 9 heteroatoms. The molecule has 0 unspecified atom stereocenters. The van der Waals surface area contributed by atoms with Gasteiger partial charge in [-0.05, 0) is 59.7 Å². The molecule has 0 saturated heterocycles. The Hall–Kier alpha value is -6.46. The second kappa shape index (κ2) is 12.8. The van der Waals surface area contributed by atoms with Crippen LogP contribution in [0.5, 0.6) is 0 Å². The van der Waals surface area contributed by atoms with Crippen molar-refractivity contribution in [2.45, 2.75) is 0 Å². The first kappa shape index (κ1) is 33.1. The van der Waals surface area contributed by atoms with Gasteiger partial charge in [-0.3, -0.25) is 0 Å². The van der Waals surface area contributed by atoms with Crippen LogP contribution in [0.2, 0.25) is 0 Å². The van der Waals surface area contributed by atoms with Gasteiger partial charge in [0.25, 0.3) is 0 Å². The predicted octanol–water partition coefficient (Wildman–Crippen LogP) is 6.11. The third kappa shape index (κ3) is 5.29. The molecular formula is C46H24B5N3O. The molecule has 4 nitrogen and oxygen atoms in total. The van der Waals surface area contributed by atoms with E-state index in [1.807, 2.05) is 54.6 Å². The summed E-state index contributed by atoms with van der Waals surface area (Å²) in [4.78, 5) is 9.97. The molecule has 0 N–H and O–H groups in total. The van der Waals surface area contributed by atoms with Gasteiger partial charge >= 0.3 is 0 Å². The van der Waals surface area contributed by atoms with Crippen molar-refractivity contribution in [1.82, 2.24) is 14.5 Å². The maximum Gasteiger partial charge on any atom is 0.160 e. The third-order valence-electron chi connectivity index (χ3n) is 10.5. The molecule has 0 amide bonds. The molecule has 0 fully saturated rings. The van der Waals surface area contributed by atoms with Crippen molar-refractivity contribution in [3.8, 4) is 50.7 Å². The lowest BCUT2D eigenvalue weighted by Crippen LogP contribution is -2.55. The van der Waals surface area contributed by atoms with Crippen LogP contribution in [0, 0.1) is 0 Å². The van der Waals surface area contributed by atoms with Crippen LogP contribution in [-0.4, -0.2) is 53.8 Å². The molecule has 55 heavy (non-hydrogen) atoms. The summed E-state index contributed by atoms with van der Waals surface area (Å²) < 4.78 is 9.06. The summed E-state index contributed by atoms with van der Waals surface area (Å²) in [5.41, 5.74) is 11.0. The van der Waals surface area contributed by atoms with E-state index in [1.54, 1.807) is 0 Å². The van der Waals surface area contributed by atoms with Gasteiger partial charge in [0.2, 0.25) is 0 Å². The average molecular weight is 689 g/mol. The van der Waals surface area contributed by atoms with Crippen molar-refractivity contribution in [3.05, 3.63) is 146 Å². The van der Waals surface area contributed by atoms with E-state index >= 15 is 0 Å². The fraction of sp³-hybridized carbons (Fsp3) is 0. The van der Waals surface area contributed by atoms with E-state index in [2.05, 4.69) is 95.6 Å². The molecule has 10 rings (SSSR count). The van der Waals surface area contributed by atoms with Crippen molar-refractivity contribution < 1.29 is 4.42 Å². The van der Waals surface area contributed by atoms with E-state index < -0.39 is 0 Å². The minimum atomic E-state index is 0.143. The summed E-state index contributed by atoms with van der Waals surface area (Å²) in [6.45, 7) is 0. The highest BCUT2D eigenvalue weighted by molar-refractivity contribution is 6.68. The van der Waals surface area contributed by atoms with Crippen molar-refractivity contribution in [1.29, 1.82) is 0 Å². The minimum Gasteiger partial charge on any atom is -0.455 e.